The van der Waals surface area contributed by atoms with Crippen molar-refractivity contribution >= 4 is 21.8 Å². The third kappa shape index (κ3) is 7.47. The highest BCUT2D eigenvalue weighted by molar-refractivity contribution is 7.87. The zero-order chi connectivity index (χ0) is 27.3. The molecule has 1 aromatic heterocycles. The first-order valence-corrected chi connectivity index (χ1v) is 14.1. The van der Waals surface area contributed by atoms with Gasteiger partial charge in [0.05, 0.1) is 26.3 Å². The number of anilines is 1. The molecule has 3 heterocycles. The van der Waals surface area contributed by atoms with E-state index in [0.717, 1.165) is 11.1 Å². The van der Waals surface area contributed by atoms with Crippen LogP contribution in [0.25, 0.3) is 0 Å². The maximum Gasteiger partial charge on any atom is 0.277 e. The van der Waals surface area contributed by atoms with Gasteiger partial charge in [-0.2, -0.15) is 23.0 Å². The predicted octanol–water partition coefficient (Wildman–Crippen LogP) is 3.23. The Morgan fingerprint density at radius 3 is 2.46 bits per heavy atom. The molecule has 3 aromatic rings. The third-order valence-corrected chi connectivity index (χ3v) is 7.00. The Morgan fingerprint density at radius 2 is 1.67 bits per heavy atom. The topological polar surface area (TPSA) is 140 Å². The van der Waals surface area contributed by atoms with Gasteiger partial charge in [-0.1, -0.05) is 36.4 Å². The Hall–Kier alpha value is -3.65. The van der Waals surface area contributed by atoms with Crippen molar-refractivity contribution in [2.24, 2.45) is 10.2 Å². The van der Waals surface area contributed by atoms with Gasteiger partial charge in [-0.3, -0.25) is 0 Å². The van der Waals surface area contributed by atoms with Crippen LogP contribution in [-0.2, 0) is 34.6 Å². The van der Waals surface area contributed by atoms with Gasteiger partial charge in [-0.25, -0.2) is 9.97 Å². The van der Waals surface area contributed by atoms with Crippen LogP contribution in [0.2, 0.25) is 0 Å². The molecule has 39 heavy (non-hydrogen) atoms. The Bertz CT molecular complexity index is 1430. The number of ether oxygens (including phenoxy) is 3. The number of azo groups is 1. The Labute approximate surface area is 227 Å². The molecular formula is C26H31N7O5S. The number of rotatable bonds is 10. The van der Waals surface area contributed by atoms with Crippen molar-refractivity contribution in [1.29, 1.82) is 0 Å². The Morgan fingerprint density at radius 1 is 0.923 bits per heavy atom. The average molecular weight is 554 g/mol. The molecule has 0 atom stereocenters. The standard InChI is InChI=1S/C26H31N7O5S/c1-26(2)37-21-9-8-20(14-22(21)38-26)16-27-32-23-15-25(33-10-12-36-13-11-33)31-24(30-23)18-29-39(34,35)28-17-19-6-4-3-5-7-19/h3-9,14-15,28-29H,10-13,16-18H2,1-2H3. The van der Waals surface area contributed by atoms with Crippen LogP contribution in [0.4, 0.5) is 11.6 Å². The lowest BCUT2D eigenvalue weighted by Crippen LogP contribution is -2.38. The van der Waals surface area contributed by atoms with Crippen molar-refractivity contribution in [3.05, 3.63) is 71.5 Å². The Kier molecular flexibility index (Phi) is 8.02. The number of hydrogen-bond donors (Lipinski definition) is 2. The van der Waals surface area contributed by atoms with E-state index in [2.05, 4.69) is 34.5 Å². The van der Waals surface area contributed by atoms with Crippen LogP contribution in [0.3, 0.4) is 0 Å². The maximum absolute atomic E-state index is 12.5. The number of benzene rings is 2. The van der Waals surface area contributed by atoms with E-state index in [4.69, 9.17) is 14.2 Å². The highest BCUT2D eigenvalue weighted by atomic mass is 32.2. The summed E-state index contributed by atoms with van der Waals surface area (Å²) in [5.74, 6) is 1.91. The smallest absolute Gasteiger partial charge is 0.277 e. The monoisotopic (exact) mass is 553 g/mol. The number of hydrogen-bond acceptors (Lipinski definition) is 10. The second-order valence-corrected chi connectivity index (χ2v) is 11.1. The number of nitrogens with one attached hydrogen (secondary N) is 2. The second-order valence-electron chi connectivity index (χ2n) is 9.52. The number of fused-ring (bicyclic) bond motifs is 1. The van der Waals surface area contributed by atoms with E-state index in [9.17, 15) is 8.42 Å². The lowest BCUT2D eigenvalue weighted by Gasteiger charge is -2.28. The third-order valence-electron chi connectivity index (χ3n) is 5.96. The summed E-state index contributed by atoms with van der Waals surface area (Å²) in [5.41, 5.74) is 1.75. The lowest BCUT2D eigenvalue weighted by molar-refractivity contribution is -0.0431. The van der Waals surface area contributed by atoms with E-state index in [0.29, 0.717) is 56.0 Å². The SMILES string of the molecule is CC1(C)Oc2ccc(CN=Nc3cc(N4CCOCC4)nc(CNS(=O)(=O)NCc4ccccc4)n3)cc2O1. The fourth-order valence-corrected chi connectivity index (χ4v) is 4.87. The lowest BCUT2D eigenvalue weighted by atomic mass is 10.2. The molecule has 13 heteroatoms. The zero-order valence-electron chi connectivity index (χ0n) is 21.8. The molecule has 0 bridgehead atoms. The van der Waals surface area contributed by atoms with Gasteiger partial charge in [-0.05, 0) is 23.3 Å². The minimum atomic E-state index is -3.78. The van der Waals surface area contributed by atoms with Crippen molar-refractivity contribution in [2.75, 3.05) is 31.2 Å². The molecule has 2 N–H and O–H groups in total. The molecule has 5 rings (SSSR count). The fraction of sp³-hybridized carbons (Fsp3) is 0.385. The van der Waals surface area contributed by atoms with Crippen LogP contribution in [0.5, 0.6) is 11.5 Å². The van der Waals surface area contributed by atoms with Crippen molar-refractivity contribution in [2.45, 2.75) is 39.3 Å². The zero-order valence-corrected chi connectivity index (χ0v) is 22.6. The highest BCUT2D eigenvalue weighted by Gasteiger charge is 2.31. The van der Waals surface area contributed by atoms with E-state index in [1.54, 1.807) is 6.07 Å². The number of morpholine rings is 1. The molecule has 2 aliphatic rings. The minimum Gasteiger partial charge on any atom is -0.449 e. The summed E-state index contributed by atoms with van der Waals surface area (Å²) in [6.45, 7) is 6.54. The van der Waals surface area contributed by atoms with Crippen LogP contribution >= 0.6 is 0 Å². The van der Waals surface area contributed by atoms with E-state index in [1.165, 1.54) is 0 Å². The van der Waals surface area contributed by atoms with Crippen molar-refractivity contribution in [3.63, 3.8) is 0 Å². The van der Waals surface area contributed by atoms with Crippen LogP contribution in [0, 0.1) is 0 Å². The van der Waals surface area contributed by atoms with Gasteiger partial charge in [0.25, 0.3) is 10.2 Å². The molecule has 0 amide bonds. The first-order valence-electron chi connectivity index (χ1n) is 12.6. The summed E-state index contributed by atoms with van der Waals surface area (Å²) in [4.78, 5) is 11.0. The van der Waals surface area contributed by atoms with Crippen molar-refractivity contribution in [3.8, 4) is 11.5 Å². The molecule has 0 unspecified atom stereocenters. The van der Waals surface area contributed by atoms with Gasteiger partial charge in [0, 0.05) is 39.5 Å². The molecule has 0 radical (unpaired) electrons. The minimum absolute atomic E-state index is 0.108. The predicted molar refractivity (Wildman–Crippen MR) is 144 cm³/mol. The summed E-state index contributed by atoms with van der Waals surface area (Å²) in [6.07, 6.45) is 0. The molecular weight excluding hydrogens is 522 g/mol. The van der Waals surface area contributed by atoms with Gasteiger partial charge in [0.2, 0.25) is 5.79 Å². The summed E-state index contributed by atoms with van der Waals surface area (Å²) in [7, 11) is -3.78. The molecule has 2 aliphatic heterocycles. The van der Waals surface area contributed by atoms with Gasteiger partial charge < -0.3 is 19.1 Å². The van der Waals surface area contributed by atoms with E-state index >= 15 is 0 Å². The second kappa shape index (κ2) is 11.6. The van der Waals surface area contributed by atoms with Gasteiger partial charge >= 0.3 is 0 Å². The summed E-state index contributed by atoms with van der Waals surface area (Å²) in [6, 6.07) is 16.7. The quantitative estimate of drug-likeness (QED) is 0.365. The van der Waals surface area contributed by atoms with Crippen LogP contribution in [0.1, 0.15) is 30.8 Å². The van der Waals surface area contributed by atoms with Crippen molar-refractivity contribution < 1.29 is 22.6 Å². The average Bonchev–Trinajstić information content (AvgIpc) is 3.25. The summed E-state index contributed by atoms with van der Waals surface area (Å²) >= 11 is 0. The number of nitrogens with zero attached hydrogens (tertiary/aromatic N) is 5. The molecule has 0 spiro atoms. The van der Waals surface area contributed by atoms with Gasteiger partial charge in [0.1, 0.15) is 11.6 Å². The van der Waals surface area contributed by atoms with E-state index in [1.807, 2.05) is 62.4 Å². The normalized spacial score (nSPS) is 16.6. The van der Waals surface area contributed by atoms with E-state index < -0.39 is 16.0 Å². The van der Waals surface area contributed by atoms with Crippen LogP contribution in [0.15, 0.2) is 64.8 Å². The first kappa shape index (κ1) is 26.9. The van der Waals surface area contributed by atoms with Gasteiger partial charge in [0.15, 0.2) is 17.3 Å². The molecule has 0 saturated carbocycles. The van der Waals surface area contributed by atoms with Crippen molar-refractivity contribution in [1.82, 2.24) is 19.4 Å². The molecule has 12 nitrogen and oxygen atoms in total. The van der Waals surface area contributed by atoms with Crippen LogP contribution in [-0.4, -0.2) is 50.5 Å². The molecule has 2 aromatic carbocycles. The highest BCUT2D eigenvalue weighted by Crippen LogP contribution is 2.39. The van der Waals surface area contributed by atoms with E-state index in [-0.39, 0.29) is 18.9 Å². The van der Waals surface area contributed by atoms with Crippen LogP contribution < -0.4 is 23.8 Å². The fourth-order valence-electron chi connectivity index (χ4n) is 4.09. The Balaban J connectivity index is 1.27. The molecule has 206 valence electrons. The molecule has 0 aliphatic carbocycles. The largest absolute Gasteiger partial charge is 0.449 e. The maximum atomic E-state index is 12.5. The summed E-state index contributed by atoms with van der Waals surface area (Å²) in [5, 5.41) is 8.63. The number of aromatic nitrogens is 2. The molecule has 1 fully saturated rings. The van der Waals surface area contributed by atoms with Gasteiger partial charge in [-0.15, -0.1) is 5.11 Å². The molecule has 1 saturated heterocycles. The first-order chi connectivity index (χ1) is 18.7. The summed E-state index contributed by atoms with van der Waals surface area (Å²) < 4.78 is 47.1.